The van der Waals surface area contributed by atoms with Crippen LogP contribution in [0.25, 0.3) is 5.57 Å². The SMILES string of the molecule is CC1=C(C)N(C)CCN1C.[CH-]=C/C=C(\C=C/C)c1cc[n+](C)cc1.[Cr]. The van der Waals surface area contributed by atoms with Crippen LogP contribution in [-0.4, -0.2) is 37.0 Å². The van der Waals surface area contributed by atoms with Crippen LogP contribution in [0.5, 0.6) is 0 Å². The molecule has 0 unspecified atom stereocenters. The predicted molar refractivity (Wildman–Crippen MR) is 103 cm³/mol. The maximum Gasteiger partial charge on any atom is 0.169 e. The number of pyridine rings is 1. The molecule has 1 aliphatic heterocycles. The number of aryl methyl sites for hydroxylation is 1. The first-order valence-corrected chi connectivity index (χ1v) is 8.34. The van der Waals surface area contributed by atoms with Gasteiger partial charge in [0, 0.05) is 68.1 Å². The number of nitrogens with zero attached hydrogens (tertiary/aromatic N) is 3. The fourth-order valence-electron chi connectivity index (χ4n) is 2.41. The molecule has 0 spiro atoms. The Morgan fingerprint density at radius 3 is 1.96 bits per heavy atom. The summed E-state index contributed by atoms with van der Waals surface area (Å²) in [5.74, 6) is 0. The zero-order valence-corrected chi connectivity index (χ0v) is 17.6. The molecule has 0 N–H and O–H groups in total. The van der Waals surface area contributed by atoms with E-state index in [1.165, 1.54) is 17.0 Å². The van der Waals surface area contributed by atoms with Gasteiger partial charge in [-0.1, -0.05) is 17.7 Å². The molecule has 0 saturated carbocycles. The molecule has 0 bridgehead atoms. The van der Waals surface area contributed by atoms with Crippen LogP contribution in [0.1, 0.15) is 26.3 Å². The van der Waals surface area contributed by atoms with E-state index in [-0.39, 0.29) is 17.4 Å². The maximum absolute atomic E-state index is 5.39. The second-order valence-electron chi connectivity index (χ2n) is 6.08. The average Bonchev–Trinajstić information content (AvgIpc) is 2.58. The fraction of sp³-hybridized carbons (Fsp3) is 0.381. The van der Waals surface area contributed by atoms with Gasteiger partial charge in [0.2, 0.25) is 0 Å². The van der Waals surface area contributed by atoms with E-state index in [0.29, 0.717) is 0 Å². The van der Waals surface area contributed by atoms with Gasteiger partial charge in [-0.3, -0.25) is 6.58 Å². The summed E-state index contributed by atoms with van der Waals surface area (Å²) < 4.78 is 2.00. The molecule has 0 radical (unpaired) electrons. The van der Waals surface area contributed by atoms with Gasteiger partial charge in [-0.2, -0.15) is 0 Å². The van der Waals surface area contributed by atoms with Crippen LogP contribution < -0.4 is 4.57 Å². The number of allylic oxidation sites excluding steroid dienone is 7. The second-order valence-corrected chi connectivity index (χ2v) is 6.08. The normalized spacial score (nSPS) is 14.9. The van der Waals surface area contributed by atoms with Crippen molar-refractivity contribution >= 4 is 5.57 Å². The number of aromatic nitrogens is 1. The zero-order chi connectivity index (χ0) is 18.1. The largest absolute Gasteiger partial charge is 0.375 e. The summed E-state index contributed by atoms with van der Waals surface area (Å²) in [7, 11) is 6.29. The molecule has 0 atom stereocenters. The van der Waals surface area contributed by atoms with Crippen LogP contribution in [-0.2, 0) is 24.4 Å². The molecule has 2 rings (SSSR count). The molecule has 1 aromatic heterocycles. The minimum atomic E-state index is 0. The first-order valence-electron chi connectivity index (χ1n) is 8.34. The number of rotatable bonds is 3. The molecule has 0 aliphatic carbocycles. The quantitative estimate of drug-likeness (QED) is 0.453. The predicted octanol–water partition coefficient (Wildman–Crippen LogP) is 3.57. The molecule has 0 saturated heterocycles. The van der Waals surface area contributed by atoms with E-state index in [1.807, 2.05) is 49.2 Å². The van der Waals surface area contributed by atoms with E-state index in [4.69, 9.17) is 6.58 Å². The van der Waals surface area contributed by atoms with Crippen LogP contribution in [0.15, 0.2) is 60.2 Å². The Morgan fingerprint density at radius 2 is 1.56 bits per heavy atom. The summed E-state index contributed by atoms with van der Waals surface area (Å²) in [5.41, 5.74) is 5.08. The Hall–Kier alpha value is -1.76. The summed E-state index contributed by atoms with van der Waals surface area (Å²) in [4.78, 5) is 4.60. The molecule has 2 heterocycles. The minimum absolute atomic E-state index is 0. The van der Waals surface area contributed by atoms with Crippen LogP contribution in [0.3, 0.4) is 0 Å². The fourth-order valence-corrected chi connectivity index (χ4v) is 2.41. The minimum Gasteiger partial charge on any atom is -0.375 e. The maximum atomic E-state index is 5.39. The summed E-state index contributed by atoms with van der Waals surface area (Å²) in [6, 6.07) is 4.13. The Kier molecular flexibility index (Phi) is 10.9. The van der Waals surface area contributed by atoms with Crippen molar-refractivity contribution in [2.45, 2.75) is 20.8 Å². The van der Waals surface area contributed by atoms with Crippen molar-refractivity contribution < 1.29 is 21.9 Å². The first-order chi connectivity index (χ1) is 11.4. The molecule has 0 amide bonds. The van der Waals surface area contributed by atoms with Gasteiger partial charge in [0.1, 0.15) is 7.05 Å². The molecular weight excluding hydrogens is 346 g/mol. The van der Waals surface area contributed by atoms with Crippen molar-refractivity contribution in [3.63, 3.8) is 0 Å². The molecule has 25 heavy (non-hydrogen) atoms. The van der Waals surface area contributed by atoms with Crippen molar-refractivity contribution in [3.05, 3.63) is 72.4 Å². The van der Waals surface area contributed by atoms with Crippen molar-refractivity contribution in [1.82, 2.24) is 9.80 Å². The smallest absolute Gasteiger partial charge is 0.169 e. The molecule has 0 aromatic carbocycles. The van der Waals surface area contributed by atoms with Crippen LogP contribution in [0.2, 0.25) is 0 Å². The Labute approximate surface area is 164 Å². The summed E-state index contributed by atoms with van der Waals surface area (Å²) in [6.07, 6.45) is 11.5. The van der Waals surface area contributed by atoms with Crippen LogP contribution in [0.4, 0.5) is 0 Å². The summed E-state index contributed by atoms with van der Waals surface area (Å²) in [6.45, 7) is 14.0. The van der Waals surface area contributed by atoms with Gasteiger partial charge in [0.05, 0.1) is 0 Å². The van der Waals surface area contributed by atoms with Gasteiger partial charge in [-0.25, -0.2) is 16.7 Å². The molecule has 1 aliphatic rings. The Bertz CT molecular complexity index is 609. The molecule has 4 heteroatoms. The van der Waals surface area contributed by atoms with E-state index in [2.05, 4.69) is 49.9 Å². The number of hydrogen-bond donors (Lipinski definition) is 0. The average molecular weight is 377 g/mol. The Morgan fingerprint density at radius 1 is 1.08 bits per heavy atom. The van der Waals surface area contributed by atoms with Gasteiger partial charge >= 0.3 is 0 Å². The van der Waals surface area contributed by atoms with Gasteiger partial charge in [0.15, 0.2) is 12.4 Å². The Balaban J connectivity index is 0.000000465. The first kappa shape index (κ1) is 23.2. The van der Waals surface area contributed by atoms with E-state index in [9.17, 15) is 0 Å². The van der Waals surface area contributed by atoms with Crippen LogP contribution in [0, 0.1) is 6.58 Å². The molecule has 3 nitrogen and oxygen atoms in total. The van der Waals surface area contributed by atoms with E-state index in [1.54, 1.807) is 6.08 Å². The van der Waals surface area contributed by atoms with Gasteiger partial charge in [0.25, 0.3) is 0 Å². The third-order valence-corrected chi connectivity index (χ3v) is 4.37. The third kappa shape index (κ3) is 7.34. The molecule has 136 valence electrons. The molecule has 0 fully saturated rings. The summed E-state index contributed by atoms with van der Waals surface area (Å²) in [5, 5.41) is 0. The number of hydrogen-bond acceptors (Lipinski definition) is 2. The topological polar surface area (TPSA) is 10.4 Å². The zero-order valence-electron chi connectivity index (χ0n) is 16.4. The second kappa shape index (κ2) is 11.7. The van der Waals surface area contributed by atoms with E-state index >= 15 is 0 Å². The molecular formula is C21H31CrN3. The monoisotopic (exact) mass is 377 g/mol. The van der Waals surface area contributed by atoms with Crippen molar-refractivity contribution in [1.29, 1.82) is 0 Å². The van der Waals surface area contributed by atoms with Crippen molar-refractivity contribution in [2.75, 3.05) is 27.2 Å². The number of likely N-dealkylation sites (N-methyl/N-ethyl adjacent to an activating group) is 2. The van der Waals surface area contributed by atoms with Crippen molar-refractivity contribution in [3.8, 4) is 0 Å². The van der Waals surface area contributed by atoms with Gasteiger partial charge in [-0.15, -0.1) is 0 Å². The van der Waals surface area contributed by atoms with Crippen molar-refractivity contribution in [2.24, 2.45) is 7.05 Å². The molecule has 1 aromatic rings. The van der Waals surface area contributed by atoms with E-state index in [0.717, 1.165) is 18.7 Å². The van der Waals surface area contributed by atoms with Crippen LogP contribution >= 0.6 is 0 Å². The standard InChI is InChI=1S/C13H15N.C8H16N2.Cr/c1-4-6-12(7-5-2)13-8-10-14(3)11-9-13;1-7-8(2)10(4)6-5-9(7)3;/h1,4-11H,2-3H3;5-6H2,1-4H3;/b7-5-,12-6+;;. The van der Waals surface area contributed by atoms with Gasteiger partial charge < -0.3 is 9.80 Å². The third-order valence-electron chi connectivity index (χ3n) is 4.37. The van der Waals surface area contributed by atoms with Gasteiger partial charge in [-0.05, 0) is 26.3 Å². The van der Waals surface area contributed by atoms with E-state index < -0.39 is 0 Å². The summed E-state index contributed by atoms with van der Waals surface area (Å²) >= 11 is 0.